The lowest BCUT2D eigenvalue weighted by atomic mass is 10.1. The van der Waals surface area contributed by atoms with Crippen molar-refractivity contribution in [3.05, 3.63) is 59.7 Å². The average molecular weight is 410 g/mol. The highest BCUT2D eigenvalue weighted by molar-refractivity contribution is 6.40. The zero-order valence-corrected chi connectivity index (χ0v) is 16.5. The van der Waals surface area contributed by atoms with Crippen molar-refractivity contribution < 1.29 is 23.9 Å². The fourth-order valence-electron chi connectivity index (χ4n) is 2.88. The molecule has 0 aliphatic carbocycles. The summed E-state index contributed by atoms with van der Waals surface area (Å²) in [5, 5.41) is 6.26. The van der Waals surface area contributed by atoms with Crippen molar-refractivity contribution in [3.63, 3.8) is 0 Å². The van der Waals surface area contributed by atoms with Gasteiger partial charge in [0.1, 0.15) is 5.75 Å². The number of hydrogen-bond acceptors (Lipinski definition) is 6. The second-order valence-electron chi connectivity index (χ2n) is 6.35. The maximum absolute atomic E-state index is 12.7. The Morgan fingerprint density at radius 2 is 1.73 bits per heavy atom. The van der Waals surface area contributed by atoms with Gasteiger partial charge in [-0.2, -0.15) is 5.10 Å². The van der Waals surface area contributed by atoms with Crippen LogP contribution in [-0.2, 0) is 14.3 Å². The van der Waals surface area contributed by atoms with E-state index in [1.54, 1.807) is 53.4 Å². The summed E-state index contributed by atoms with van der Waals surface area (Å²) in [4.78, 5) is 38.7. The molecule has 1 saturated heterocycles. The third-order valence-corrected chi connectivity index (χ3v) is 4.42. The van der Waals surface area contributed by atoms with Gasteiger partial charge in [0.25, 0.3) is 5.91 Å². The van der Waals surface area contributed by atoms with E-state index in [-0.39, 0.29) is 11.6 Å². The summed E-state index contributed by atoms with van der Waals surface area (Å²) in [5.41, 5.74) is 3.36. The standard InChI is InChI=1S/C21H22N4O5/c1-29-18-9-5-2-6-15(18)14-22-24-20(27)19(26)23-17-8-4-3-7-16(17)21(28)25-10-12-30-13-11-25/h2-9,14H,10-13H2,1H3,(H,23,26)(H,24,27)/b22-14+. The molecule has 1 aliphatic heterocycles. The summed E-state index contributed by atoms with van der Waals surface area (Å²) < 4.78 is 10.4. The number of hydrogen-bond donors (Lipinski definition) is 2. The molecule has 2 N–H and O–H groups in total. The highest BCUT2D eigenvalue weighted by Crippen LogP contribution is 2.18. The summed E-state index contributed by atoms with van der Waals surface area (Å²) in [5.74, 6) is -1.55. The zero-order chi connectivity index (χ0) is 21.3. The first kappa shape index (κ1) is 21.0. The van der Waals surface area contributed by atoms with Crippen LogP contribution in [0.25, 0.3) is 0 Å². The number of methoxy groups -OCH3 is 1. The predicted octanol–water partition coefficient (Wildman–Crippen LogP) is 1.26. The van der Waals surface area contributed by atoms with E-state index in [1.165, 1.54) is 13.3 Å². The summed E-state index contributed by atoms with van der Waals surface area (Å²) in [6.45, 7) is 1.87. The molecule has 3 amide bonds. The number of carbonyl (C=O) groups is 3. The fourth-order valence-corrected chi connectivity index (χ4v) is 2.88. The number of benzene rings is 2. The van der Waals surface area contributed by atoms with E-state index in [1.807, 2.05) is 0 Å². The Labute approximate surface area is 173 Å². The van der Waals surface area contributed by atoms with Gasteiger partial charge in [-0.25, -0.2) is 5.43 Å². The molecule has 1 heterocycles. The molecule has 2 aromatic rings. The van der Waals surface area contributed by atoms with Gasteiger partial charge in [0.05, 0.1) is 37.8 Å². The van der Waals surface area contributed by atoms with Crippen LogP contribution in [0.1, 0.15) is 15.9 Å². The van der Waals surface area contributed by atoms with E-state index in [4.69, 9.17) is 9.47 Å². The number of anilines is 1. The van der Waals surface area contributed by atoms with Crippen LogP contribution in [-0.4, -0.2) is 62.2 Å². The van der Waals surface area contributed by atoms with Crippen molar-refractivity contribution in [2.24, 2.45) is 5.10 Å². The number of nitrogens with zero attached hydrogens (tertiary/aromatic N) is 2. The maximum Gasteiger partial charge on any atom is 0.329 e. The lowest BCUT2D eigenvalue weighted by Gasteiger charge is -2.27. The summed E-state index contributed by atoms with van der Waals surface area (Å²) in [6, 6.07) is 13.6. The third-order valence-electron chi connectivity index (χ3n) is 4.42. The summed E-state index contributed by atoms with van der Waals surface area (Å²) in [6.07, 6.45) is 1.37. The first-order valence-electron chi connectivity index (χ1n) is 9.33. The number of hydrazone groups is 1. The van der Waals surface area contributed by atoms with E-state index in [9.17, 15) is 14.4 Å². The number of nitrogens with one attached hydrogen (secondary N) is 2. The molecule has 1 fully saturated rings. The molecule has 0 unspecified atom stereocenters. The predicted molar refractivity (Wildman–Crippen MR) is 111 cm³/mol. The molecule has 30 heavy (non-hydrogen) atoms. The minimum Gasteiger partial charge on any atom is -0.496 e. The molecular weight excluding hydrogens is 388 g/mol. The minimum atomic E-state index is -0.963. The van der Waals surface area contributed by atoms with Crippen molar-refractivity contribution in [2.75, 3.05) is 38.7 Å². The van der Waals surface area contributed by atoms with E-state index in [0.717, 1.165) is 0 Å². The summed E-state index contributed by atoms with van der Waals surface area (Å²) >= 11 is 0. The Morgan fingerprint density at radius 3 is 2.50 bits per heavy atom. The Hall–Kier alpha value is -3.72. The quantitative estimate of drug-likeness (QED) is 0.438. The Bertz CT molecular complexity index is 954. The molecule has 1 aliphatic rings. The second kappa shape index (κ2) is 10.2. The lowest BCUT2D eigenvalue weighted by Crippen LogP contribution is -2.41. The zero-order valence-electron chi connectivity index (χ0n) is 16.5. The van der Waals surface area contributed by atoms with Gasteiger partial charge in [0.2, 0.25) is 0 Å². The van der Waals surface area contributed by atoms with Crippen LogP contribution in [0.4, 0.5) is 5.69 Å². The fraction of sp³-hybridized carbons (Fsp3) is 0.238. The van der Waals surface area contributed by atoms with Crippen molar-refractivity contribution in [2.45, 2.75) is 0 Å². The van der Waals surface area contributed by atoms with E-state index in [2.05, 4.69) is 15.8 Å². The summed E-state index contributed by atoms with van der Waals surface area (Å²) in [7, 11) is 1.52. The van der Waals surface area contributed by atoms with Crippen LogP contribution in [0.2, 0.25) is 0 Å². The first-order chi connectivity index (χ1) is 14.6. The third kappa shape index (κ3) is 5.21. The number of ether oxygens (including phenoxy) is 2. The lowest BCUT2D eigenvalue weighted by molar-refractivity contribution is -0.136. The number of morpholine rings is 1. The van der Waals surface area contributed by atoms with Gasteiger partial charge in [-0.05, 0) is 24.3 Å². The minimum absolute atomic E-state index is 0.233. The molecule has 0 spiro atoms. The maximum atomic E-state index is 12.7. The van der Waals surface area contributed by atoms with Crippen LogP contribution in [0.15, 0.2) is 53.6 Å². The molecule has 0 atom stereocenters. The highest BCUT2D eigenvalue weighted by Gasteiger charge is 2.22. The SMILES string of the molecule is COc1ccccc1/C=N/NC(=O)C(=O)Nc1ccccc1C(=O)N1CCOCC1. The smallest absolute Gasteiger partial charge is 0.329 e. The van der Waals surface area contributed by atoms with E-state index in [0.29, 0.717) is 43.2 Å². The van der Waals surface area contributed by atoms with Crippen LogP contribution in [0.5, 0.6) is 5.75 Å². The number of carbonyl (C=O) groups excluding carboxylic acids is 3. The second-order valence-corrected chi connectivity index (χ2v) is 6.35. The molecule has 0 radical (unpaired) electrons. The first-order valence-corrected chi connectivity index (χ1v) is 9.33. The Balaban J connectivity index is 1.63. The number of amides is 3. The van der Waals surface area contributed by atoms with Crippen molar-refractivity contribution in [1.29, 1.82) is 0 Å². The van der Waals surface area contributed by atoms with Crippen molar-refractivity contribution in [1.82, 2.24) is 10.3 Å². The van der Waals surface area contributed by atoms with E-state index >= 15 is 0 Å². The normalized spacial score (nSPS) is 13.7. The molecular formula is C21H22N4O5. The molecule has 0 saturated carbocycles. The molecule has 9 nitrogen and oxygen atoms in total. The number of para-hydroxylation sites is 2. The van der Waals surface area contributed by atoms with Crippen molar-refractivity contribution in [3.8, 4) is 5.75 Å². The molecule has 156 valence electrons. The number of rotatable bonds is 5. The van der Waals surface area contributed by atoms with Crippen LogP contribution in [0, 0.1) is 0 Å². The molecule has 0 aromatic heterocycles. The van der Waals surface area contributed by atoms with E-state index < -0.39 is 11.8 Å². The Kier molecular flexibility index (Phi) is 7.12. The van der Waals surface area contributed by atoms with Crippen LogP contribution < -0.4 is 15.5 Å². The van der Waals surface area contributed by atoms with Gasteiger partial charge in [-0.1, -0.05) is 24.3 Å². The topological polar surface area (TPSA) is 109 Å². The van der Waals surface area contributed by atoms with Gasteiger partial charge in [0.15, 0.2) is 0 Å². The average Bonchev–Trinajstić information content (AvgIpc) is 2.79. The molecule has 0 bridgehead atoms. The highest BCUT2D eigenvalue weighted by atomic mass is 16.5. The van der Waals surface area contributed by atoms with Gasteiger partial charge in [-0.15, -0.1) is 0 Å². The molecule has 9 heteroatoms. The van der Waals surface area contributed by atoms with Crippen LogP contribution >= 0.6 is 0 Å². The van der Waals surface area contributed by atoms with Crippen molar-refractivity contribution >= 4 is 29.6 Å². The van der Waals surface area contributed by atoms with Gasteiger partial charge >= 0.3 is 11.8 Å². The van der Waals surface area contributed by atoms with Gasteiger partial charge < -0.3 is 19.7 Å². The molecule has 3 rings (SSSR count). The largest absolute Gasteiger partial charge is 0.496 e. The monoisotopic (exact) mass is 410 g/mol. The van der Waals surface area contributed by atoms with Crippen LogP contribution in [0.3, 0.4) is 0 Å². The van der Waals surface area contributed by atoms with Gasteiger partial charge in [-0.3, -0.25) is 14.4 Å². The molecule has 2 aromatic carbocycles. The Morgan fingerprint density at radius 1 is 1.03 bits per heavy atom. The van der Waals surface area contributed by atoms with Gasteiger partial charge in [0, 0.05) is 18.7 Å².